The van der Waals surface area contributed by atoms with Gasteiger partial charge in [-0.25, -0.2) is 22.9 Å². The van der Waals surface area contributed by atoms with Gasteiger partial charge < -0.3 is 9.15 Å². The summed E-state index contributed by atoms with van der Waals surface area (Å²) in [5.74, 6) is -4.87. The van der Waals surface area contributed by atoms with Gasteiger partial charge in [0.05, 0.1) is 12.3 Å². The quantitative estimate of drug-likeness (QED) is 0.812. The average Bonchev–Trinajstić information content (AvgIpc) is 2.70. The molecule has 0 aliphatic carbocycles. The van der Waals surface area contributed by atoms with Gasteiger partial charge in [0.1, 0.15) is 23.0 Å². The first kappa shape index (κ1) is 14.1. The lowest BCUT2D eigenvalue weighted by Gasteiger charge is -2.01. The molecule has 1 aromatic carbocycles. The van der Waals surface area contributed by atoms with Crippen molar-refractivity contribution in [2.75, 3.05) is 6.61 Å². The molecule has 0 bridgehead atoms. The molecule has 1 aromatic heterocycles. The minimum Gasteiger partial charge on any atom is -0.460 e. The molecule has 1 heterocycles. The number of carbonyl (C=O) groups excluding carboxylic acids is 1. The monoisotopic (exact) mass is 285 g/mol. The molecule has 0 aliphatic heterocycles. The van der Waals surface area contributed by atoms with Gasteiger partial charge >= 0.3 is 5.97 Å². The molecular formula is C13H10F3NO3. The lowest BCUT2D eigenvalue weighted by atomic mass is 10.2. The molecule has 2 aromatic rings. The van der Waals surface area contributed by atoms with Crippen molar-refractivity contribution in [3.63, 3.8) is 0 Å². The van der Waals surface area contributed by atoms with Crippen LogP contribution in [0, 0.1) is 24.4 Å². The van der Waals surface area contributed by atoms with E-state index in [9.17, 15) is 18.0 Å². The minimum atomic E-state index is -1.17. The summed E-state index contributed by atoms with van der Waals surface area (Å²) in [4.78, 5) is 15.3. The van der Waals surface area contributed by atoms with Gasteiger partial charge in [0, 0.05) is 12.1 Å². The second-order valence-corrected chi connectivity index (χ2v) is 3.90. The van der Waals surface area contributed by atoms with Crippen molar-refractivity contribution in [3.8, 4) is 11.5 Å². The minimum absolute atomic E-state index is 0.119. The first-order chi connectivity index (χ1) is 9.43. The third-order valence-corrected chi connectivity index (χ3v) is 2.48. The molecule has 2 rings (SSSR count). The van der Waals surface area contributed by atoms with Gasteiger partial charge in [-0.1, -0.05) is 0 Å². The molecule has 0 atom stereocenters. The molecule has 7 heteroatoms. The summed E-state index contributed by atoms with van der Waals surface area (Å²) >= 11 is 0. The maximum Gasteiger partial charge on any atom is 0.376 e. The maximum absolute atomic E-state index is 13.6. The Hall–Kier alpha value is -2.31. The summed E-state index contributed by atoms with van der Waals surface area (Å²) in [7, 11) is 0. The molecule has 4 nitrogen and oxygen atoms in total. The van der Waals surface area contributed by atoms with Gasteiger partial charge in [-0.05, 0) is 13.8 Å². The van der Waals surface area contributed by atoms with Crippen LogP contribution in [-0.2, 0) is 4.74 Å². The van der Waals surface area contributed by atoms with Crippen LogP contribution in [0.15, 0.2) is 16.5 Å². The van der Waals surface area contributed by atoms with Crippen LogP contribution >= 0.6 is 0 Å². The number of rotatable bonds is 3. The molecule has 0 saturated carbocycles. The van der Waals surface area contributed by atoms with Crippen molar-refractivity contribution in [3.05, 3.63) is 41.0 Å². The fraction of sp³-hybridized carbons (Fsp3) is 0.231. The number of ether oxygens (including phenoxy) is 1. The molecule has 106 valence electrons. The second kappa shape index (κ2) is 5.36. The number of oxazole rings is 1. The highest BCUT2D eigenvalue weighted by Gasteiger charge is 2.23. The van der Waals surface area contributed by atoms with Crippen LogP contribution in [0.3, 0.4) is 0 Å². The third kappa shape index (κ3) is 2.52. The number of aromatic nitrogens is 1. The van der Waals surface area contributed by atoms with E-state index in [1.165, 1.54) is 6.92 Å². The van der Waals surface area contributed by atoms with Crippen LogP contribution in [0.1, 0.15) is 23.2 Å². The van der Waals surface area contributed by atoms with E-state index in [0.717, 1.165) is 0 Å². The summed E-state index contributed by atoms with van der Waals surface area (Å²) in [6, 6.07) is 1.00. The van der Waals surface area contributed by atoms with Crippen molar-refractivity contribution in [1.29, 1.82) is 0 Å². The fourth-order valence-corrected chi connectivity index (χ4v) is 1.64. The predicted octanol–water partition coefficient (Wildman–Crippen LogP) is 3.24. The second-order valence-electron chi connectivity index (χ2n) is 3.90. The largest absolute Gasteiger partial charge is 0.460 e. The summed E-state index contributed by atoms with van der Waals surface area (Å²) < 4.78 is 49.8. The number of halogens is 3. The van der Waals surface area contributed by atoms with E-state index in [4.69, 9.17) is 9.15 Å². The van der Waals surface area contributed by atoms with Gasteiger partial charge in [0.2, 0.25) is 11.7 Å². The molecule has 20 heavy (non-hydrogen) atoms. The molecule has 0 N–H and O–H groups in total. The SMILES string of the molecule is CCOC(=O)c1oc(-c2c(F)cc(F)cc2F)nc1C. The summed E-state index contributed by atoms with van der Waals surface area (Å²) in [6.45, 7) is 3.15. The highest BCUT2D eigenvalue weighted by molar-refractivity contribution is 5.87. The smallest absolute Gasteiger partial charge is 0.376 e. The number of carbonyl (C=O) groups is 1. The van der Waals surface area contributed by atoms with E-state index in [1.54, 1.807) is 6.92 Å². The van der Waals surface area contributed by atoms with E-state index in [2.05, 4.69) is 4.98 Å². The van der Waals surface area contributed by atoms with Crippen LogP contribution in [0.4, 0.5) is 13.2 Å². The lowest BCUT2D eigenvalue weighted by molar-refractivity contribution is 0.0490. The Morgan fingerprint density at radius 2 is 1.90 bits per heavy atom. The molecule has 0 unspecified atom stereocenters. The van der Waals surface area contributed by atoms with Crippen LogP contribution < -0.4 is 0 Å². The summed E-state index contributed by atoms with van der Waals surface area (Å²) in [5, 5.41) is 0. The lowest BCUT2D eigenvalue weighted by Crippen LogP contribution is -2.04. The van der Waals surface area contributed by atoms with E-state index in [1.807, 2.05) is 0 Å². The van der Waals surface area contributed by atoms with E-state index in [0.29, 0.717) is 12.1 Å². The van der Waals surface area contributed by atoms with Gasteiger partial charge in [0.15, 0.2) is 0 Å². The molecule has 0 amide bonds. The van der Waals surface area contributed by atoms with E-state index in [-0.39, 0.29) is 18.1 Å². The van der Waals surface area contributed by atoms with Crippen LogP contribution in [0.25, 0.3) is 11.5 Å². The molecule has 0 aliphatic rings. The van der Waals surface area contributed by atoms with Crippen molar-refractivity contribution < 1.29 is 27.1 Å². The molecule has 0 spiro atoms. The van der Waals surface area contributed by atoms with Gasteiger partial charge in [0.25, 0.3) is 0 Å². The summed E-state index contributed by atoms with van der Waals surface area (Å²) in [6.07, 6.45) is 0. The normalized spacial score (nSPS) is 10.7. The number of nitrogens with zero attached hydrogens (tertiary/aromatic N) is 1. The third-order valence-electron chi connectivity index (χ3n) is 2.48. The molecule has 0 fully saturated rings. The Balaban J connectivity index is 2.50. The van der Waals surface area contributed by atoms with Crippen molar-refractivity contribution in [2.45, 2.75) is 13.8 Å². The van der Waals surface area contributed by atoms with Crippen LogP contribution in [0.5, 0.6) is 0 Å². The first-order valence-electron chi connectivity index (χ1n) is 5.73. The molecule has 0 radical (unpaired) electrons. The van der Waals surface area contributed by atoms with Gasteiger partial charge in [-0.2, -0.15) is 0 Å². The fourth-order valence-electron chi connectivity index (χ4n) is 1.64. The van der Waals surface area contributed by atoms with Crippen molar-refractivity contribution in [2.24, 2.45) is 0 Å². The highest BCUT2D eigenvalue weighted by Crippen LogP contribution is 2.28. The Kier molecular flexibility index (Phi) is 3.78. The number of hydrogen-bond donors (Lipinski definition) is 0. The van der Waals surface area contributed by atoms with Crippen LogP contribution in [-0.4, -0.2) is 17.6 Å². The zero-order chi connectivity index (χ0) is 14.9. The average molecular weight is 285 g/mol. The molecule has 0 saturated heterocycles. The van der Waals surface area contributed by atoms with Crippen molar-refractivity contribution in [1.82, 2.24) is 4.98 Å². The summed E-state index contributed by atoms with van der Waals surface area (Å²) in [5.41, 5.74) is -0.508. The van der Waals surface area contributed by atoms with Gasteiger partial charge in [-0.15, -0.1) is 0 Å². The first-order valence-corrected chi connectivity index (χ1v) is 5.73. The van der Waals surface area contributed by atoms with Crippen molar-refractivity contribution >= 4 is 5.97 Å². The Morgan fingerprint density at radius 1 is 1.30 bits per heavy atom. The standard InChI is InChI=1S/C13H10F3NO3/c1-3-19-13(18)11-6(2)17-12(20-11)10-8(15)4-7(14)5-9(10)16/h4-5H,3H2,1-2H3. The van der Waals surface area contributed by atoms with Crippen LogP contribution in [0.2, 0.25) is 0 Å². The Labute approximate surface area is 112 Å². The number of benzene rings is 1. The van der Waals surface area contributed by atoms with E-state index < -0.39 is 34.9 Å². The number of hydrogen-bond acceptors (Lipinski definition) is 4. The van der Waals surface area contributed by atoms with Gasteiger partial charge in [-0.3, -0.25) is 0 Å². The molecular weight excluding hydrogens is 275 g/mol. The highest BCUT2D eigenvalue weighted by atomic mass is 19.1. The number of aryl methyl sites for hydroxylation is 1. The Bertz CT molecular complexity index is 644. The number of esters is 1. The Morgan fingerprint density at radius 3 is 2.45 bits per heavy atom. The van der Waals surface area contributed by atoms with E-state index >= 15 is 0 Å². The zero-order valence-electron chi connectivity index (χ0n) is 10.7. The topological polar surface area (TPSA) is 52.3 Å². The predicted molar refractivity (Wildman–Crippen MR) is 62.5 cm³/mol. The maximum atomic E-state index is 13.6. The zero-order valence-corrected chi connectivity index (χ0v) is 10.7.